The van der Waals surface area contributed by atoms with E-state index in [4.69, 9.17) is 9.47 Å². The predicted molar refractivity (Wildman–Crippen MR) is 77.5 cm³/mol. The lowest BCUT2D eigenvalue weighted by Crippen LogP contribution is -2.16. The molecule has 3 nitrogen and oxygen atoms in total. The van der Waals surface area contributed by atoms with Crippen LogP contribution in [0.1, 0.15) is 29.2 Å². The number of hydrogen-bond donors (Lipinski definition) is 1. The summed E-state index contributed by atoms with van der Waals surface area (Å²) in [7, 11) is 1.68. The van der Waals surface area contributed by atoms with Gasteiger partial charge in [-0.15, -0.1) is 0 Å². The zero-order valence-corrected chi connectivity index (χ0v) is 11.7. The maximum atomic E-state index is 9.37. The number of phenolic OH excluding ortho intramolecular Hbond substituents is 1. The van der Waals surface area contributed by atoms with Gasteiger partial charge in [0.15, 0.2) is 0 Å². The van der Waals surface area contributed by atoms with E-state index in [2.05, 4.69) is 6.07 Å². The molecule has 0 fully saturated rings. The highest BCUT2D eigenvalue weighted by Gasteiger charge is 2.24. The van der Waals surface area contributed by atoms with Crippen molar-refractivity contribution in [3.63, 3.8) is 0 Å². The molecule has 2 aromatic rings. The smallest absolute Gasteiger partial charge is 0.130 e. The number of benzene rings is 2. The zero-order valence-electron chi connectivity index (χ0n) is 11.7. The Morgan fingerprint density at radius 1 is 1.15 bits per heavy atom. The largest absolute Gasteiger partial charge is 0.508 e. The van der Waals surface area contributed by atoms with E-state index in [9.17, 15) is 5.11 Å². The maximum Gasteiger partial charge on any atom is 0.130 e. The topological polar surface area (TPSA) is 38.7 Å². The molecule has 2 aromatic carbocycles. The first-order chi connectivity index (χ1) is 9.69. The highest BCUT2D eigenvalue weighted by molar-refractivity contribution is 5.50. The van der Waals surface area contributed by atoms with E-state index in [1.54, 1.807) is 19.2 Å². The predicted octanol–water partition coefficient (Wildman–Crippen LogP) is 3.78. The first-order valence-electron chi connectivity index (χ1n) is 6.81. The fourth-order valence-electron chi connectivity index (χ4n) is 2.72. The first-order valence-corrected chi connectivity index (χ1v) is 6.81. The van der Waals surface area contributed by atoms with Crippen molar-refractivity contribution in [2.45, 2.75) is 25.9 Å². The van der Waals surface area contributed by atoms with Crippen molar-refractivity contribution in [2.75, 3.05) is 7.11 Å². The summed E-state index contributed by atoms with van der Waals surface area (Å²) in [6.07, 6.45) is 1.98. The number of phenols is 1. The van der Waals surface area contributed by atoms with Gasteiger partial charge in [-0.3, -0.25) is 0 Å². The van der Waals surface area contributed by atoms with Crippen LogP contribution >= 0.6 is 0 Å². The van der Waals surface area contributed by atoms with Gasteiger partial charge >= 0.3 is 0 Å². The molecule has 0 amide bonds. The summed E-state index contributed by atoms with van der Waals surface area (Å²) in [6, 6.07) is 11.3. The van der Waals surface area contributed by atoms with Gasteiger partial charge in [0.1, 0.15) is 23.4 Å². The molecule has 0 saturated carbocycles. The zero-order chi connectivity index (χ0) is 14.1. The van der Waals surface area contributed by atoms with Crippen molar-refractivity contribution in [1.29, 1.82) is 0 Å². The summed E-state index contributed by atoms with van der Waals surface area (Å²) in [4.78, 5) is 0. The molecule has 1 N–H and O–H groups in total. The van der Waals surface area contributed by atoms with Crippen molar-refractivity contribution in [2.24, 2.45) is 0 Å². The van der Waals surface area contributed by atoms with Crippen LogP contribution in [0.2, 0.25) is 0 Å². The van der Waals surface area contributed by atoms with E-state index in [0.29, 0.717) is 0 Å². The molecule has 1 aliphatic rings. The van der Waals surface area contributed by atoms with Gasteiger partial charge in [-0.05, 0) is 49.1 Å². The van der Waals surface area contributed by atoms with E-state index >= 15 is 0 Å². The van der Waals surface area contributed by atoms with Crippen molar-refractivity contribution in [1.82, 2.24) is 0 Å². The second-order valence-electron chi connectivity index (χ2n) is 5.12. The number of methoxy groups -OCH3 is 1. The van der Waals surface area contributed by atoms with Crippen LogP contribution in [-0.4, -0.2) is 12.2 Å². The Morgan fingerprint density at radius 2 is 1.90 bits per heavy atom. The average Bonchev–Trinajstić information content (AvgIpc) is 2.48. The summed E-state index contributed by atoms with van der Waals surface area (Å²) in [5.41, 5.74) is 3.38. The first kappa shape index (κ1) is 12.9. The number of ether oxygens (including phenoxy) is 2. The van der Waals surface area contributed by atoms with Crippen LogP contribution in [0.4, 0.5) is 0 Å². The number of hydrogen-bond acceptors (Lipinski definition) is 3. The second kappa shape index (κ2) is 5.08. The second-order valence-corrected chi connectivity index (χ2v) is 5.12. The molecule has 0 unspecified atom stereocenters. The fraction of sp³-hybridized carbons (Fsp3) is 0.294. The van der Waals surface area contributed by atoms with Gasteiger partial charge in [0.25, 0.3) is 0 Å². The van der Waals surface area contributed by atoms with E-state index in [-0.39, 0.29) is 11.9 Å². The van der Waals surface area contributed by atoms with Gasteiger partial charge in [-0.25, -0.2) is 0 Å². The van der Waals surface area contributed by atoms with E-state index in [0.717, 1.165) is 35.5 Å². The molecule has 0 aromatic heterocycles. The standard InChI is InChI=1S/C17H18O3/c1-11-15(19-2)9-5-13-6-10-16(20-17(11)13)12-3-7-14(18)8-4-12/h3-5,7-9,16,18H,6,10H2,1-2H3/t16-/m0/s1. The van der Waals surface area contributed by atoms with Crippen LogP contribution in [0.25, 0.3) is 0 Å². The molecular formula is C17H18O3. The normalized spacial score (nSPS) is 17.2. The third-order valence-electron chi connectivity index (χ3n) is 3.86. The molecule has 0 radical (unpaired) electrons. The van der Waals surface area contributed by atoms with E-state index < -0.39 is 0 Å². The minimum absolute atomic E-state index is 0.0360. The molecule has 0 spiro atoms. The lowest BCUT2D eigenvalue weighted by Gasteiger charge is -2.28. The maximum absolute atomic E-state index is 9.37. The van der Waals surface area contributed by atoms with Crippen molar-refractivity contribution >= 4 is 0 Å². The minimum atomic E-state index is 0.0360. The molecular weight excluding hydrogens is 252 g/mol. The van der Waals surface area contributed by atoms with E-state index in [1.165, 1.54) is 5.56 Å². The Morgan fingerprint density at radius 3 is 2.60 bits per heavy atom. The summed E-state index contributed by atoms with van der Waals surface area (Å²) in [5.74, 6) is 2.08. The molecule has 1 heterocycles. The molecule has 0 saturated heterocycles. The lowest BCUT2D eigenvalue weighted by atomic mass is 9.95. The third kappa shape index (κ3) is 2.20. The molecule has 20 heavy (non-hydrogen) atoms. The Kier molecular flexibility index (Phi) is 3.26. The number of aryl methyl sites for hydroxylation is 1. The monoisotopic (exact) mass is 270 g/mol. The fourth-order valence-corrected chi connectivity index (χ4v) is 2.72. The summed E-state index contributed by atoms with van der Waals surface area (Å²) >= 11 is 0. The molecule has 0 bridgehead atoms. The van der Waals surface area contributed by atoms with Gasteiger partial charge in [-0.2, -0.15) is 0 Å². The van der Waals surface area contributed by atoms with Crippen LogP contribution < -0.4 is 9.47 Å². The van der Waals surface area contributed by atoms with E-state index in [1.807, 2.05) is 25.1 Å². The Hall–Kier alpha value is -2.16. The van der Waals surface area contributed by atoms with Crippen LogP contribution in [0.5, 0.6) is 17.2 Å². The molecule has 0 aliphatic carbocycles. The Bertz CT molecular complexity index is 617. The molecule has 3 rings (SSSR count). The Balaban J connectivity index is 1.93. The van der Waals surface area contributed by atoms with Crippen molar-refractivity contribution in [3.8, 4) is 17.2 Å². The van der Waals surface area contributed by atoms with Crippen LogP contribution in [0.3, 0.4) is 0 Å². The van der Waals surface area contributed by atoms with Crippen LogP contribution in [-0.2, 0) is 6.42 Å². The summed E-state index contributed by atoms with van der Waals surface area (Å²) < 4.78 is 11.5. The number of fused-ring (bicyclic) bond motifs is 1. The average molecular weight is 270 g/mol. The van der Waals surface area contributed by atoms with Crippen LogP contribution in [0.15, 0.2) is 36.4 Å². The quantitative estimate of drug-likeness (QED) is 0.902. The minimum Gasteiger partial charge on any atom is -0.508 e. The molecule has 3 heteroatoms. The lowest BCUT2D eigenvalue weighted by molar-refractivity contribution is 0.174. The molecule has 104 valence electrons. The summed E-state index contributed by atoms with van der Waals surface area (Å²) in [6.45, 7) is 2.02. The van der Waals surface area contributed by atoms with Gasteiger partial charge in [0, 0.05) is 5.56 Å². The molecule has 1 atom stereocenters. The van der Waals surface area contributed by atoms with Crippen molar-refractivity contribution in [3.05, 3.63) is 53.1 Å². The van der Waals surface area contributed by atoms with Crippen molar-refractivity contribution < 1.29 is 14.6 Å². The SMILES string of the molecule is COc1ccc2c(c1C)O[C@H](c1ccc(O)cc1)CC2. The van der Waals surface area contributed by atoms with Gasteiger partial charge < -0.3 is 14.6 Å². The number of aromatic hydroxyl groups is 1. The van der Waals surface area contributed by atoms with Gasteiger partial charge in [0.2, 0.25) is 0 Å². The van der Waals surface area contributed by atoms with Gasteiger partial charge in [-0.1, -0.05) is 18.2 Å². The Labute approximate surface area is 118 Å². The van der Waals surface area contributed by atoms with Gasteiger partial charge in [0.05, 0.1) is 7.11 Å². The summed E-state index contributed by atoms with van der Waals surface area (Å²) in [5, 5.41) is 9.37. The highest BCUT2D eigenvalue weighted by Crippen LogP contribution is 2.40. The van der Waals surface area contributed by atoms with Crippen LogP contribution in [0, 0.1) is 6.92 Å². The number of rotatable bonds is 2. The molecule has 1 aliphatic heterocycles. The highest BCUT2D eigenvalue weighted by atomic mass is 16.5. The third-order valence-corrected chi connectivity index (χ3v) is 3.86.